The highest BCUT2D eigenvalue weighted by Crippen LogP contribution is 2.14. The van der Waals surface area contributed by atoms with Crippen LogP contribution in [0.2, 0.25) is 0 Å². The lowest BCUT2D eigenvalue weighted by Gasteiger charge is -2.18. The van der Waals surface area contributed by atoms with Gasteiger partial charge in [0.25, 0.3) is 0 Å². The van der Waals surface area contributed by atoms with Gasteiger partial charge in [-0.05, 0) is 32.0 Å². The van der Waals surface area contributed by atoms with Crippen LogP contribution in [-0.4, -0.2) is 50.0 Å². The van der Waals surface area contributed by atoms with Gasteiger partial charge in [0, 0.05) is 19.5 Å². The molecule has 0 aliphatic heterocycles. The highest BCUT2D eigenvalue weighted by molar-refractivity contribution is 5.92. The van der Waals surface area contributed by atoms with Crippen molar-refractivity contribution in [3.8, 4) is 0 Å². The number of carbonyl (C=O) groups excluding carboxylic acids is 1. The minimum Gasteiger partial charge on any atom is -0.478 e. The van der Waals surface area contributed by atoms with Crippen molar-refractivity contribution in [3.05, 3.63) is 23.8 Å². The zero-order valence-corrected chi connectivity index (χ0v) is 12.1. The molecule has 7 nitrogen and oxygen atoms in total. The summed E-state index contributed by atoms with van der Waals surface area (Å²) in [7, 11) is 0. The molecule has 1 N–H and O–H groups in total. The Bertz CT molecular complexity index is 661. The van der Waals surface area contributed by atoms with Crippen LogP contribution in [0.1, 0.15) is 30.6 Å². The van der Waals surface area contributed by atoms with Crippen LogP contribution in [0.5, 0.6) is 0 Å². The van der Waals surface area contributed by atoms with Crippen LogP contribution >= 0.6 is 0 Å². The number of hydrogen-bond donors (Lipinski definition) is 1. The minimum atomic E-state index is -0.996. The van der Waals surface area contributed by atoms with Crippen molar-refractivity contribution in [3.63, 3.8) is 0 Å². The fourth-order valence-electron chi connectivity index (χ4n) is 2.20. The molecular weight excluding hydrogens is 272 g/mol. The average molecular weight is 290 g/mol. The summed E-state index contributed by atoms with van der Waals surface area (Å²) in [6.45, 7) is 5.61. The molecule has 0 atom stereocenters. The second-order valence-corrected chi connectivity index (χ2v) is 4.64. The minimum absolute atomic E-state index is 0.0537. The largest absolute Gasteiger partial charge is 0.478 e. The van der Waals surface area contributed by atoms with E-state index in [9.17, 15) is 9.59 Å². The summed E-state index contributed by atoms with van der Waals surface area (Å²) in [5, 5.41) is 17.0. The molecule has 7 heteroatoms. The van der Waals surface area contributed by atoms with Gasteiger partial charge in [-0.1, -0.05) is 5.21 Å². The molecule has 2 aromatic rings. The quantitative estimate of drug-likeness (QED) is 0.868. The molecule has 0 aliphatic carbocycles. The van der Waals surface area contributed by atoms with Crippen LogP contribution in [0.25, 0.3) is 11.0 Å². The van der Waals surface area contributed by atoms with E-state index in [-0.39, 0.29) is 11.5 Å². The van der Waals surface area contributed by atoms with Gasteiger partial charge in [-0.3, -0.25) is 4.79 Å². The van der Waals surface area contributed by atoms with Crippen molar-refractivity contribution in [2.24, 2.45) is 0 Å². The van der Waals surface area contributed by atoms with E-state index in [0.717, 1.165) is 0 Å². The molecule has 0 saturated carbocycles. The fraction of sp³-hybridized carbons (Fsp3) is 0.429. The van der Waals surface area contributed by atoms with Crippen molar-refractivity contribution in [2.45, 2.75) is 26.8 Å². The molecule has 0 bridgehead atoms. The Balaban J connectivity index is 2.17. The molecule has 1 aromatic heterocycles. The van der Waals surface area contributed by atoms with Crippen LogP contribution < -0.4 is 0 Å². The molecule has 0 fully saturated rings. The number of amides is 1. The Morgan fingerprint density at radius 3 is 2.62 bits per heavy atom. The maximum absolute atomic E-state index is 12.0. The van der Waals surface area contributed by atoms with Crippen molar-refractivity contribution in [2.75, 3.05) is 13.1 Å². The summed E-state index contributed by atoms with van der Waals surface area (Å²) < 4.78 is 1.57. The van der Waals surface area contributed by atoms with E-state index in [1.54, 1.807) is 15.6 Å². The second kappa shape index (κ2) is 6.34. The molecule has 1 heterocycles. The SMILES string of the molecule is CCN(CC)C(=O)CCn1nnc2ccc(C(=O)O)cc21. The lowest BCUT2D eigenvalue weighted by molar-refractivity contribution is -0.131. The summed E-state index contributed by atoms with van der Waals surface area (Å²) in [5.74, 6) is -0.943. The first-order chi connectivity index (χ1) is 10.1. The van der Waals surface area contributed by atoms with E-state index in [1.165, 1.54) is 12.1 Å². The number of carbonyl (C=O) groups is 2. The van der Waals surface area contributed by atoms with Gasteiger partial charge < -0.3 is 10.0 Å². The predicted octanol–water partition coefficient (Wildman–Crippen LogP) is 1.39. The van der Waals surface area contributed by atoms with Gasteiger partial charge in [-0.15, -0.1) is 5.10 Å². The zero-order chi connectivity index (χ0) is 15.4. The van der Waals surface area contributed by atoms with Crippen LogP contribution in [0.3, 0.4) is 0 Å². The van der Waals surface area contributed by atoms with Gasteiger partial charge >= 0.3 is 5.97 Å². The van der Waals surface area contributed by atoms with E-state index >= 15 is 0 Å². The Labute approximate surface area is 122 Å². The number of aromatic nitrogens is 3. The number of aromatic carboxylic acids is 1. The average Bonchev–Trinajstić information content (AvgIpc) is 2.88. The third-order valence-electron chi connectivity index (χ3n) is 3.41. The van der Waals surface area contributed by atoms with Crippen LogP contribution in [0.15, 0.2) is 18.2 Å². The van der Waals surface area contributed by atoms with Crippen LogP contribution in [-0.2, 0) is 11.3 Å². The van der Waals surface area contributed by atoms with Crippen LogP contribution in [0, 0.1) is 0 Å². The van der Waals surface area contributed by atoms with Gasteiger partial charge in [0.2, 0.25) is 5.91 Å². The number of fused-ring (bicyclic) bond motifs is 1. The van der Waals surface area contributed by atoms with E-state index in [0.29, 0.717) is 37.1 Å². The van der Waals surface area contributed by atoms with Gasteiger partial charge in [-0.25, -0.2) is 9.48 Å². The molecule has 1 aromatic carbocycles. The number of carboxylic acids is 1. The number of benzene rings is 1. The predicted molar refractivity (Wildman–Crippen MR) is 77.0 cm³/mol. The summed E-state index contributed by atoms with van der Waals surface area (Å²) in [5.41, 5.74) is 1.43. The van der Waals surface area contributed by atoms with Crippen molar-refractivity contribution >= 4 is 22.9 Å². The monoisotopic (exact) mass is 290 g/mol. The number of aryl methyl sites for hydroxylation is 1. The van der Waals surface area contributed by atoms with Gasteiger partial charge in [-0.2, -0.15) is 0 Å². The molecule has 0 radical (unpaired) electrons. The molecule has 0 spiro atoms. The molecule has 2 rings (SSSR count). The van der Waals surface area contributed by atoms with Crippen molar-refractivity contribution in [1.29, 1.82) is 0 Å². The first-order valence-electron chi connectivity index (χ1n) is 6.91. The van der Waals surface area contributed by atoms with Crippen LogP contribution in [0.4, 0.5) is 0 Å². The number of nitrogens with zero attached hydrogens (tertiary/aromatic N) is 4. The summed E-state index contributed by atoms with van der Waals surface area (Å²) >= 11 is 0. The fourth-order valence-corrected chi connectivity index (χ4v) is 2.20. The maximum Gasteiger partial charge on any atom is 0.335 e. The maximum atomic E-state index is 12.0. The van der Waals surface area contributed by atoms with E-state index in [1.807, 2.05) is 13.8 Å². The van der Waals surface area contributed by atoms with Gasteiger partial charge in [0.15, 0.2) is 0 Å². The first-order valence-corrected chi connectivity index (χ1v) is 6.91. The second-order valence-electron chi connectivity index (χ2n) is 4.64. The number of carboxylic acid groups (broad SMARTS) is 1. The standard InChI is InChI=1S/C14H18N4O3/c1-3-17(4-2)13(19)7-8-18-12-9-10(14(20)21)5-6-11(12)15-16-18/h5-6,9H,3-4,7-8H2,1-2H3,(H,20,21). The highest BCUT2D eigenvalue weighted by atomic mass is 16.4. The zero-order valence-electron chi connectivity index (χ0n) is 12.1. The number of hydrogen-bond acceptors (Lipinski definition) is 4. The molecule has 0 saturated heterocycles. The molecule has 21 heavy (non-hydrogen) atoms. The Morgan fingerprint density at radius 1 is 1.29 bits per heavy atom. The third-order valence-corrected chi connectivity index (χ3v) is 3.41. The van der Waals surface area contributed by atoms with Crippen molar-refractivity contribution < 1.29 is 14.7 Å². The summed E-state index contributed by atoms with van der Waals surface area (Å²) in [6, 6.07) is 4.64. The summed E-state index contributed by atoms with van der Waals surface area (Å²) in [4.78, 5) is 24.7. The molecule has 1 amide bonds. The lowest BCUT2D eigenvalue weighted by atomic mass is 10.2. The third kappa shape index (κ3) is 3.18. The Hall–Kier alpha value is -2.44. The Morgan fingerprint density at radius 2 is 2.00 bits per heavy atom. The topological polar surface area (TPSA) is 88.3 Å². The molecule has 112 valence electrons. The van der Waals surface area contributed by atoms with E-state index in [4.69, 9.17) is 5.11 Å². The Kier molecular flexibility index (Phi) is 4.52. The highest BCUT2D eigenvalue weighted by Gasteiger charge is 2.13. The lowest BCUT2D eigenvalue weighted by Crippen LogP contribution is -2.31. The van der Waals surface area contributed by atoms with E-state index in [2.05, 4.69) is 10.3 Å². The molecular formula is C14H18N4O3. The van der Waals surface area contributed by atoms with Crippen molar-refractivity contribution in [1.82, 2.24) is 19.9 Å². The van der Waals surface area contributed by atoms with Gasteiger partial charge in [0.1, 0.15) is 5.52 Å². The van der Waals surface area contributed by atoms with Gasteiger partial charge in [0.05, 0.1) is 17.6 Å². The summed E-state index contributed by atoms with van der Waals surface area (Å²) in [6.07, 6.45) is 0.317. The normalized spacial score (nSPS) is 10.8. The first kappa shape index (κ1) is 15.0. The molecule has 0 aliphatic rings. The number of rotatable bonds is 6. The molecule has 0 unspecified atom stereocenters. The smallest absolute Gasteiger partial charge is 0.335 e. The van der Waals surface area contributed by atoms with E-state index < -0.39 is 5.97 Å².